The quantitative estimate of drug-likeness (QED) is 0.771. The van der Waals surface area contributed by atoms with Gasteiger partial charge in [-0.1, -0.05) is 48.6 Å². The number of nitrogens with zero attached hydrogens (tertiary/aromatic N) is 4. The first-order valence-electron chi connectivity index (χ1n) is 5.77. The van der Waals surface area contributed by atoms with Crippen LogP contribution >= 0.6 is 0 Å². The summed E-state index contributed by atoms with van der Waals surface area (Å²) in [6.07, 6.45) is 5.80. The van der Waals surface area contributed by atoms with Crippen LogP contribution in [0.5, 0.6) is 0 Å². The van der Waals surface area contributed by atoms with E-state index in [-0.39, 0.29) is 0 Å². The van der Waals surface area contributed by atoms with Crippen LogP contribution in [0.2, 0.25) is 0 Å². The highest BCUT2D eigenvalue weighted by molar-refractivity contribution is 5.68. The molecule has 0 N–H and O–H groups in total. The van der Waals surface area contributed by atoms with Crippen LogP contribution in [0.1, 0.15) is 19.7 Å². The summed E-state index contributed by atoms with van der Waals surface area (Å²) >= 11 is 0. The van der Waals surface area contributed by atoms with Crippen molar-refractivity contribution in [1.82, 2.24) is 20.4 Å². The summed E-state index contributed by atoms with van der Waals surface area (Å²) in [7, 11) is 0. The van der Waals surface area contributed by atoms with E-state index in [0.717, 1.165) is 11.1 Å². The lowest BCUT2D eigenvalue weighted by Gasteiger charge is -2.00. The fourth-order valence-corrected chi connectivity index (χ4v) is 1.53. The molecule has 0 bridgehead atoms. The van der Waals surface area contributed by atoms with Crippen molar-refractivity contribution in [3.63, 3.8) is 0 Å². The fourth-order valence-electron chi connectivity index (χ4n) is 1.53. The second kappa shape index (κ2) is 5.82. The zero-order valence-corrected chi connectivity index (χ0v) is 10.4. The summed E-state index contributed by atoms with van der Waals surface area (Å²) in [5, 5.41) is 16.4. The zero-order valence-electron chi connectivity index (χ0n) is 10.4. The number of rotatable bonds is 3. The molecule has 0 aliphatic heterocycles. The fraction of sp³-hybridized carbons (Fsp3) is 0.143. The van der Waals surface area contributed by atoms with Crippen molar-refractivity contribution in [1.29, 1.82) is 0 Å². The van der Waals surface area contributed by atoms with Crippen LogP contribution < -0.4 is 0 Å². The summed E-state index contributed by atoms with van der Waals surface area (Å²) < 4.78 is 0. The lowest BCUT2D eigenvalue weighted by molar-refractivity contribution is 0.845. The molecular formula is C14H14N4. The molecule has 0 spiro atoms. The molecule has 0 aliphatic carbocycles. The Labute approximate surface area is 106 Å². The third-order valence-corrected chi connectivity index (χ3v) is 2.43. The summed E-state index contributed by atoms with van der Waals surface area (Å²) in [6.45, 7) is 3.88. The van der Waals surface area contributed by atoms with Gasteiger partial charge in [0, 0.05) is 11.1 Å². The lowest BCUT2D eigenvalue weighted by Crippen LogP contribution is -2.01. The minimum atomic E-state index is 0.537. The van der Waals surface area contributed by atoms with Crippen LogP contribution in [-0.2, 0) is 0 Å². The molecular weight excluding hydrogens is 224 g/mol. The molecule has 1 aromatic heterocycles. The van der Waals surface area contributed by atoms with Gasteiger partial charge in [-0.05, 0) is 13.8 Å². The predicted molar refractivity (Wildman–Crippen MR) is 71.5 cm³/mol. The molecule has 0 unspecified atom stereocenters. The minimum absolute atomic E-state index is 0.537. The maximum absolute atomic E-state index is 4.10. The Morgan fingerprint density at radius 2 is 1.61 bits per heavy atom. The summed E-state index contributed by atoms with van der Waals surface area (Å²) in [5.41, 5.74) is 1.83. The molecule has 4 heteroatoms. The number of hydrogen-bond acceptors (Lipinski definition) is 4. The average molecular weight is 238 g/mol. The van der Waals surface area contributed by atoms with E-state index in [0.29, 0.717) is 11.6 Å². The van der Waals surface area contributed by atoms with Gasteiger partial charge in [0.25, 0.3) is 0 Å². The van der Waals surface area contributed by atoms with Gasteiger partial charge in [0.2, 0.25) is 11.6 Å². The minimum Gasteiger partial charge on any atom is -0.126 e. The van der Waals surface area contributed by atoms with E-state index in [1.54, 1.807) is 0 Å². The number of hydrogen-bond donors (Lipinski definition) is 0. The van der Waals surface area contributed by atoms with Crippen molar-refractivity contribution in [3.05, 3.63) is 54.4 Å². The first-order chi connectivity index (χ1) is 8.85. The highest BCUT2D eigenvalue weighted by atomic mass is 15.3. The van der Waals surface area contributed by atoms with Gasteiger partial charge in [-0.15, -0.1) is 20.4 Å². The standard InChI is InChI=1S/C14H14N4/c1-3-8-11(4-2)13-15-17-14(18-16-13)12-9-6-5-7-10-12/h3-10H,1-2H3. The highest BCUT2D eigenvalue weighted by Gasteiger charge is 2.05. The van der Waals surface area contributed by atoms with Crippen LogP contribution in [0.4, 0.5) is 0 Å². The zero-order chi connectivity index (χ0) is 12.8. The predicted octanol–water partition coefficient (Wildman–Crippen LogP) is 2.91. The van der Waals surface area contributed by atoms with E-state index in [9.17, 15) is 0 Å². The van der Waals surface area contributed by atoms with E-state index < -0.39 is 0 Å². The maximum atomic E-state index is 4.10. The van der Waals surface area contributed by atoms with Crippen LogP contribution in [0, 0.1) is 0 Å². The number of aromatic nitrogens is 4. The molecule has 0 fully saturated rings. The Hall–Kier alpha value is -2.36. The molecule has 0 radical (unpaired) electrons. The third kappa shape index (κ3) is 2.66. The number of allylic oxidation sites excluding steroid dienone is 4. The van der Waals surface area contributed by atoms with Crippen molar-refractivity contribution in [2.24, 2.45) is 0 Å². The van der Waals surface area contributed by atoms with E-state index >= 15 is 0 Å². The first kappa shape index (κ1) is 12.1. The van der Waals surface area contributed by atoms with Crippen LogP contribution in [0.15, 0.2) is 48.6 Å². The van der Waals surface area contributed by atoms with Crippen molar-refractivity contribution >= 4 is 5.57 Å². The van der Waals surface area contributed by atoms with Gasteiger partial charge < -0.3 is 0 Å². The van der Waals surface area contributed by atoms with E-state index in [1.165, 1.54) is 0 Å². The maximum Gasteiger partial charge on any atom is 0.203 e. The third-order valence-electron chi connectivity index (χ3n) is 2.43. The van der Waals surface area contributed by atoms with Gasteiger partial charge in [-0.3, -0.25) is 0 Å². The molecule has 18 heavy (non-hydrogen) atoms. The largest absolute Gasteiger partial charge is 0.203 e. The van der Waals surface area contributed by atoms with Gasteiger partial charge in [0.05, 0.1) is 0 Å². The Morgan fingerprint density at radius 1 is 0.944 bits per heavy atom. The van der Waals surface area contributed by atoms with Gasteiger partial charge in [-0.25, -0.2) is 0 Å². The second-order valence-electron chi connectivity index (χ2n) is 3.66. The van der Waals surface area contributed by atoms with E-state index in [2.05, 4.69) is 20.4 Å². The lowest BCUT2D eigenvalue weighted by atomic mass is 10.2. The van der Waals surface area contributed by atoms with Gasteiger partial charge in [0.1, 0.15) is 0 Å². The van der Waals surface area contributed by atoms with Crippen molar-refractivity contribution in [2.45, 2.75) is 13.8 Å². The van der Waals surface area contributed by atoms with Gasteiger partial charge >= 0.3 is 0 Å². The van der Waals surface area contributed by atoms with Crippen LogP contribution in [-0.4, -0.2) is 20.4 Å². The second-order valence-corrected chi connectivity index (χ2v) is 3.66. The van der Waals surface area contributed by atoms with Crippen LogP contribution in [0.3, 0.4) is 0 Å². The molecule has 0 saturated carbocycles. The summed E-state index contributed by atoms with van der Waals surface area (Å²) in [5.74, 6) is 1.07. The molecule has 90 valence electrons. The SMILES string of the molecule is CC=CC(=CC)c1nnc(-c2ccccc2)nn1. The molecule has 0 amide bonds. The molecule has 0 atom stereocenters. The van der Waals surface area contributed by atoms with Crippen molar-refractivity contribution < 1.29 is 0 Å². The molecule has 0 aliphatic rings. The molecule has 2 rings (SSSR count). The molecule has 2 aromatic rings. The monoisotopic (exact) mass is 238 g/mol. The van der Waals surface area contributed by atoms with Gasteiger partial charge in [-0.2, -0.15) is 0 Å². The first-order valence-corrected chi connectivity index (χ1v) is 5.77. The molecule has 0 saturated heterocycles. The van der Waals surface area contributed by atoms with Crippen molar-refractivity contribution in [3.8, 4) is 11.4 Å². The van der Waals surface area contributed by atoms with Gasteiger partial charge in [0.15, 0.2) is 0 Å². The summed E-state index contributed by atoms with van der Waals surface area (Å²) in [4.78, 5) is 0. The molecule has 1 aromatic carbocycles. The van der Waals surface area contributed by atoms with Crippen molar-refractivity contribution in [2.75, 3.05) is 0 Å². The molecule has 4 nitrogen and oxygen atoms in total. The average Bonchev–Trinajstić information content (AvgIpc) is 2.46. The Bertz CT molecular complexity index is 556. The van der Waals surface area contributed by atoms with E-state index in [4.69, 9.17) is 0 Å². The van der Waals surface area contributed by atoms with E-state index in [1.807, 2.05) is 62.4 Å². The normalized spacial score (nSPS) is 12.0. The Morgan fingerprint density at radius 3 is 2.17 bits per heavy atom. The number of benzene rings is 1. The Balaban J connectivity index is 2.31. The summed E-state index contributed by atoms with van der Waals surface area (Å²) in [6, 6.07) is 9.68. The highest BCUT2D eigenvalue weighted by Crippen LogP contribution is 2.13. The Kier molecular flexibility index (Phi) is 3.91. The topological polar surface area (TPSA) is 51.6 Å². The smallest absolute Gasteiger partial charge is 0.126 e. The van der Waals surface area contributed by atoms with Crippen LogP contribution in [0.25, 0.3) is 17.0 Å². The molecule has 1 heterocycles.